The Morgan fingerprint density at radius 2 is 2.27 bits per heavy atom. The highest BCUT2D eigenvalue weighted by molar-refractivity contribution is 5.94. The molecule has 1 heterocycles. The molecule has 0 saturated carbocycles. The van der Waals surface area contributed by atoms with Crippen LogP contribution in [0.15, 0.2) is 0 Å². The lowest BCUT2D eigenvalue weighted by atomic mass is 10.2. The molecule has 3 N–H and O–H groups in total. The van der Waals surface area contributed by atoms with E-state index in [0.717, 1.165) is 19.4 Å². The van der Waals surface area contributed by atoms with Gasteiger partial charge in [-0.15, -0.1) is 0 Å². The fourth-order valence-electron chi connectivity index (χ4n) is 1.10. The molecule has 1 aliphatic rings. The van der Waals surface area contributed by atoms with Crippen LogP contribution in [-0.2, 0) is 4.79 Å². The molecule has 5 nitrogen and oxygen atoms in total. The fraction of sp³-hybridized carbons (Fsp3) is 0.667. The van der Waals surface area contributed by atoms with Gasteiger partial charge in [0, 0.05) is 0 Å². The Morgan fingerprint density at radius 3 is 2.73 bits per heavy atom. The van der Waals surface area contributed by atoms with Crippen molar-refractivity contribution in [3.05, 3.63) is 0 Å². The quantitative estimate of drug-likeness (QED) is 0.482. The molecule has 0 aromatic carbocycles. The first-order valence-electron chi connectivity index (χ1n) is 3.47. The molecule has 5 heteroatoms. The summed E-state index contributed by atoms with van der Waals surface area (Å²) in [5.41, 5.74) is 0. The van der Waals surface area contributed by atoms with Gasteiger partial charge in [-0.05, 0) is 19.4 Å². The minimum absolute atomic E-state index is 0.314. The molecule has 1 atom stereocenters. The summed E-state index contributed by atoms with van der Waals surface area (Å²) < 4.78 is 0. The van der Waals surface area contributed by atoms with Gasteiger partial charge in [0.25, 0.3) is 0 Å². The van der Waals surface area contributed by atoms with Gasteiger partial charge in [0.05, 0.1) is 6.04 Å². The molecule has 11 heavy (non-hydrogen) atoms. The van der Waals surface area contributed by atoms with Gasteiger partial charge < -0.3 is 10.4 Å². The maximum absolute atomic E-state index is 10.9. The average molecular weight is 158 g/mol. The third-order valence-corrected chi connectivity index (χ3v) is 1.61. The first-order valence-corrected chi connectivity index (χ1v) is 3.47. The van der Waals surface area contributed by atoms with E-state index < -0.39 is 12.0 Å². The fourth-order valence-corrected chi connectivity index (χ4v) is 1.10. The molecule has 1 saturated heterocycles. The molecule has 0 spiro atoms. The predicted octanol–water partition coefficient (Wildman–Crippen LogP) is -0.467. The maximum atomic E-state index is 10.9. The minimum Gasteiger partial charge on any atom is -0.465 e. The van der Waals surface area contributed by atoms with Crippen molar-refractivity contribution in [1.29, 1.82) is 0 Å². The highest BCUT2D eigenvalue weighted by atomic mass is 16.4. The maximum Gasteiger partial charge on any atom is 0.411 e. The second-order valence-corrected chi connectivity index (χ2v) is 2.44. The second kappa shape index (κ2) is 3.34. The number of amides is 2. The molecular formula is C6H10N2O3. The molecule has 2 amide bonds. The van der Waals surface area contributed by atoms with Gasteiger partial charge in [-0.25, -0.2) is 4.79 Å². The van der Waals surface area contributed by atoms with Crippen LogP contribution in [0, 0.1) is 0 Å². The van der Waals surface area contributed by atoms with E-state index in [1.165, 1.54) is 0 Å². The molecule has 0 bridgehead atoms. The molecule has 1 rings (SSSR count). The first-order chi connectivity index (χ1) is 5.20. The molecule has 0 unspecified atom stereocenters. The highest BCUT2D eigenvalue weighted by Gasteiger charge is 2.22. The van der Waals surface area contributed by atoms with Crippen molar-refractivity contribution in [3.8, 4) is 0 Å². The molecular weight excluding hydrogens is 148 g/mol. The van der Waals surface area contributed by atoms with Crippen molar-refractivity contribution in [3.63, 3.8) is 0 Å². The Kier molecular flexibility index (Phi) is 2.43. The number of carbonyl (C=O) groups is 2. The van der Waals surface area contributed by atoms with Crippen LogP contribution in [0.2, 0.25) is 0 Å². The molecule has 1 fully saturated rings. The topological polar surface area (TPSA) is 78.4 Å². The van der Waals surface area contributed by atoms with E-state index in [4.69, 9.17) is 5.11 Å². The lowest BCUT2D eigenvalue weighted by molar-refractivity contribution is -0.121. The van der Waals surface area contributed by atoms with E-state index >= 15 is 0 Å². The van der Waals surface area contributed by atoms with Gasteiger partial charge in [0.1, 0.15) is 0 Å². The monoisotopic (exact) mass is 158 g/mol. The highest BCUT2D eigenvalue weighted by Crippen LogP contribution is 2.03. The molecule has 62 valence electrons. The zero-order valence-corrected chi connectivity index (χ0v) is 5.96. The van der Waals surface area contributed by atoms with Crippen LogP contribution in [-0.4, -0.2) is 29.7 Å². The Hall–Kier alpha value is -1.10. The first kappa shape index (κ1) is 8.00. The predicted molar refractivity (Wildman–Crippen MR) is 37.2 cm³/mol. The molecule has 0 aromatic heterocycles. The number of carbonyl (C=O) groups excluding carboxylic acids is 1. The van der Waals surface area contributed by atoms with Crippen molar-refractivity contribution < 1.29 is 14.7 Å². The SMILES string of the molecule is O=C(O)NC(=O)[C@H]1CCCN1. The van der Waals surface area contributed by atoms with Crippen LogP contribution >= 0.6 is 0 Å². The van der Waals surface area contributed by atoms with Crippen molar-refractivity contribution >= 4 is 12.0 Å². The third-order valence-electron chi connectivity index (χ3n) is 1.61. The minimum atomic E-state index is -1.29. The van der Waals surface area contributed by atoms with Gasteiger partial charge in [-0.1, -0.05) is 0 Å². The summed E-state index contributed by atoms with van der Waals surface area (Å²) in [5.74, 6) is -0.449. The van der Waals surface area contributed by atoms with E-state index in [1.807, 2.05) is 0 Å². The summed E-state index contributed by atoms with van der Waals surface area (Å²) in [6, 6.07) is -0.314. The van der Waals surface area contributed by atoms with Crippen LogP contribution in [0.4, 0.5) is 4.79 Å². The summed E-state index contributed by atoms with van der Waals surface area (Å²) in [6.45, 7) is 0.789. The van der Waals surface area contributed by atoms with Gasteiger partial charge in [-0.2, -0.15) is 0 Å². The smallest absolute Gasteiger partial charge is 0.411 e. The zero-order valence-electron chi connectivity index (χ0n) is 5.96. The summed E-state index contributed by atoms with van der Waals surface area (Å²) in [6.07, 6.45) is 0.361. The number of nitrogens with one attached hydrogen (secondary N) is 2. The van der Waals surface area contributed by atoms with Crippen LogP contribution in [0.3, 0.4) is 0 Å². The Morgan fingerprint density at radius 1 is 1.55 bits per heavy atom. The molecule has 0 aliphatic carbocycles. The second-order valence-electron chi connectivity index (χ2n) is 2.44. The number of carboxylic acid groups (broad SMARTS) is 1. The van der Waals surface area contributed by atoms with Gasteiger partial charge in [0.15, 0.2) is 0 Å². The van der Waals surface area contributed by atoms with Crippen LogP contribution in [0.5, 0.6) is 0 Å². The van der Waals surface area contributed by atoms with E-state index in [2.05, 4.69) is 5.32 Å². The molecule has 0 aromatic rings. The van der Waals surface area contributed by atoms with Gasteiger partial charge >= 0.3 is 6.09 Å². The lowest BCUT2D eigenvalue weighted by Crippen LogP contribution is -2.42. The summed E-state index contributed by atoms with van der Waals surface area (Å²) in [7, 11) is 0. The number of rotatable bonds is 1. The largest absolute Gasteiger partial charge is 0.465 e. The van der Waals surface area contributed by atoms with Crippen molar-refractivity contribution in [2.75, 3.05) is 6.54 Å². The normalized spacial score (nSPS) is 23.1. The Balaban J connectivity index is 2.34. The standard InChI is InChI=1S/C6H10N2O3/c9-5(8-6(10)11)4-2-1-3-7-4/h4,7H,1-3H2,(H,8,9)(H,10,11)/t4-/m1/s1. The van der Waals surface area contributed by atoms with Gasteiger partial charge in [0.2, 0.25) is 5.91 Å². The van der Waals surface area contributed by atoms with Gasteiger partial charge in [-0.3, -0.25) is 10.1 Å². The van der Waals surface area contributed by atoms with Crippen LogP contribution < -0.4 is 10.6 Å². The zero-order chi connectivity index (χ0) is 8.27. The number of hydrogen-bond acceptors (Lipinski definition) is 3. The number of hydrogen-bond donors (Lipinski definition) is 3. The summed E-state index contributed by atoms with van der Waals surface area (Å²) in [4.78, 5) is 20.9. The van der Waals surface area contributed by atoms with Crippen molar-refractivity contribution in [2.24, 2.45) is 0 Å². The lowest BCUT2D eigenvalue weighted by Gasteiger charge is -2.06. The third kappa shape index (κ3) is 2.19. The van der Waals surface area contributed by atoms with Crippen LogP contribution in [0.1, 0.15) is 12.8 Å². The average Bonchev–Trinajstić information content (AvgIpc) is 2.35. The molecule has 1 aliphatic heterocycles. The van der Waals surface area contributed by atoms with E-state index in [0.29, 0.717) is 0 Å². The van der Waals surface area contributed by atoms with Crippen molar-refractivity contribution in [1.82, 2.24) is 10.6 Å². The van der Waals surface area contributed by atoms with Crippen LogP contribution in [0.25, 0.3) is 0 Å². The van der Waals surface area contributed by atoms with Crippen molar-refractivity contribution in [2.45, 2.75) is 18.9 Å². The summed E-state index contributed by atoms with van der Waals surface area (Å²) in [5, 5.41) is 12.9. The van der Waals surface area contributed by atoms with E-state index in [9.17, 15) is 9.59 Å². The Bertz CT molecular complexity index is 175. The van der Waals surface area contributed by atoms with E-state index in [1.54, 1.807) is 5.32 Å². The Labute approximate surface area is 63.8 Å². The molecule has 0 radical (unpaired) electrons. The summed E-state index contributed by atoms with van der Waals surface area (Å²) >= 11 is 0. The van der Waals surface area contributed by atoms with E-state index in [-0.39, 0.29) is 6.04 Å². The number of imide groups is 1.